The molecule has 0 aromatic carbocycles. The summed E-state index contributed by atoms with van der Waals surface area (Å²) >= 11 is 0. The normalized spacial score (nSPS) is 10.5. The van der Waals surface area contributed by atoms with Gasteiger partial charge in [-0.3, -0.25) is 4.68 Å². The summed E-state index contributed by atoms with van der Waals surface area (Å²) in [6.07, 6.45) is 4.65. The van der Waals surface area contributed by atoms with Crippen molar-refractivity contribution in [2.24, 2.45) is 0 Å². The average Bonchev–Trinajstić information content (AvgIpc) is 2.63. The van der Waals surface area contributed by atoms with Crippen LogP contribution in [0.25, 0.3) is 0 Å². The Hall–Kier alpha value is -0.870. The summed E-state index contributed by atoms with van der Waals surface area (Å²) < 4.78 is 12.1. The van der Waals surface area contributed by atoms with Gasteiger partial charge in [-0.1, -0.05) is 0 Å². The molecule has 0 N–H and O–H groups in total. The molecule has 0 amide bonds. The van der Waals surface area contributed by atoms with E-state index in [1.54, 1.807) is 13.3 Å². The molecule has 4 nitrogen and oxygen atoms in total. The van der Waals surface area contributed by atoms with Crippen molar-refractivity contribution in [1.29, 1.82) is 0 Å². The lowest BCUT2D eigenvalue weighted by Gasteiger charge is -2.03. The molecule has 1 rings (SSSR count). The van der Waals surface area contributed by atoms with E-state index in [4.69, 9.17) is 9.47 Å². The van der Waals surface area contributed by atoms with Gasteiger partial charge in [0.2, 0.25) is 0 Å². The van der Waals surface area contributed by atoms with Crippen molar-refractivity contribution in [3.63, 3.8) is 0 Å². The summed E-state index contributed by atoms with van der Waals surface area (Å²) in [6.45, 7) is 3.06. The van der Waals surface area contributed by atoms with Crippen molar-refractivity contribution in [2.45, 2.75) is 13.0 Å². The van der Waals surface area contributed by atoms with Crippen molar-refractivity contribution in [2.75, 3.05) is 26.9 Å². The Balaban J connectivity index is 1.90. The highest BCUT2D eigenvalue weighted by Gasteiger charge is 1.91. The van der Waals surface area contributed by atoms with Crippen LogP contribution in [-0.4, -0.2) is 36.7 Å². The highest BCUT2D eigenvalue weighted by molar-refractivity contribution is 4.77. The zero-order valence-corrected chi connectivity index (χ0v) is 7.98. The highest BCUT2D eigenvalue weighted by atomic mass is 16.5. The van der Waals surface area contributed by atoms with Crippen LogP contribution in [0, 0.1) is 0 Å². The molecule has 0 radical (unpaired) electrons. The Morgan fingerprint density at radius 3 is 2.92 bits per heavy atom. The van der Waals surface area contributed by atoms with Gasteiger partial charge in [-0.05, 0) is 12.5 Å². The quantitative estimate of drug-likeness (QED) is 0.592. The van der Waals surface area contributed by atoms with Gasteiger partial charge in [0.15, 0.2) is 0 Å². The molecular formula is C9H16N2O2. The van der Waals surface area contributed by atoms with Crippen molar-refractivity contribution in [3.8, 4) is 0 Å². The van der Waals surface area contributed by atoms with Crippen molar-refractivity contribution in [3.05, 3.63) is 18.5 Å². The third-order valence-corrected chi connectivity index (χ3v) is 1.66. The second-order valence-corrected chi connectivity index (χ2v) is 2.73. The first-order valence-corrected chi connectivity index (χ1v) is 4.47. The van der Waals surface area contributed by atoms with Crippen LogP contribution in [0.5, 0.6) is 0 Å². The molecule has 0 aliphatic rings. The Labute approximate surface area is 78.5 Å². The first kappa shape index (κ1) is 10.2. The van der Waals surface area contributed by atoms with Gasteiger partial charge in [0.05, 0.1) is 13.2 Å². The number of hydrogen-bond acceptors (Lipinski definition) is 3. The number of nitrogens with zero attached hydrogens (tertiary/aromatic N) is 2. The second kappa shape index (κ2) is 6.62. The average molecular weight is 184 g/mol. The molecule has 0 saturated carbocycles. The number of rotatable bonds is 7. The minimum absolute atomic E-state index is 0.714. The van der Waals surface area contributed by atoms with E-state index in [9.17, 15) is 0 Å². The van der Waals surface area contributed by atoms with E-state index in [1.807, 2.05) is 16.9 Å². The largest absolute Gasteiger partial charge is 0.385 e. The van der Waals surface area contributed by atoms with E-state index < -0.39 is 0 Å². The smallest absolute Gasteiger partial charge is 0.0662 e. The second-order valence-electron chi connectivity index (χ2n) is 2.73. The SMILES string of the molecule is COCCCOCCn1cccn1. The number of ether oxygens (including phenoxy) is 2. The fourth-order valence-corrected chi connectivity index (χ4v) is 0.998. The van der Waals surface area contributed by atoms with E-state index in [1.165, 1.54) is 0 Å². The van der Waals surface area contributed by atoms with Crippen LogP contribution < -0.4 is 0 Å². The Morgan fingerprint density at radius 2 is 2.23 bits per heavy atom. The topological polar surface area (TPSA) is 36.3 Å². The summed E-state index contributed by atoms with van der Waals surface area (Å²) in [5.74, 6) is 0. The van der Waals surface area contributed by atoms with Crippen molar-refractivity contribution >= 4 is 0 Å². The van der Waals surface area contributed by atoms with Crippen LogP contribution in [0.1, 0.15) is 6.42 Å². The highest BCUT2D eigenvalue weighted by Crippen LogP contribution is 1.87. The first-order chi connectivity index (χ1) is 6.43. The van der Waals surface area contributed by atoms with Gasteiger partial charge < -0.3 is 9.47 Å². The molecule has 0 saturated heterocycles. The predicted molar refractivity (Wildman–Crippen MR) is 49.5 cm³/mol. The number of hydrogen-bond donors (Lipinski definition) is 0. The zero-order valence-electron chi connectivity index (χ0n) is 7.98. The van der Waals surface area contributed by atoms with Gasteiger partial charge in [-0.2, -0.15) is 5.10 Å². The Kier molecular flexibility index (Phi) is 5.20. The Morgan fingerprint density at radius 1 is 1.31 bits per heavy atom. The maximum Gasteiger partial charge on any atom is 0.0662 e. The van der Waals surface area contributed by atoms with Gasteiger partial charge in [0.1, 0.15) is 0 Å². The number of aromatic nitrogens is 2. The molecule has 74 valence electrons. The van der Waals surface area contributed by atoms with Crippen LogP contribution in [0.4, 0.5) is 0 Å². The fraction of sp³-hybridized carbons (Fsp3) is 0.667. The zero-order chi connectivity index (χ0) is 9.36. The van der Waals surface area contributed by atoms with Crippen LogP contribution in [0.2, 0.25) is 0 Å². The monoisotopic (exact) mass is 184 g/mol. The lowest BCUT2D eigenvalue weighted by Crippen LogP contribution is -2.07. The summed E-state index contributed by atoms with van der Waals surface area (Å²) in [7, 11) is 1.70. The minimum atomic E-state index is 0.714. The summed E-state index contributed by atoms with van der Waals surface area (Å²) in [6, 6.07) is 1.91. The van der Waals surface area contributed by atoms with Crippen LogP contribution in [0.15, 0.2) is 18.5 Å². The van der Waals surface area contributed by atoms with Gasteiger partial charge in [0, 0.05) is 32.7 Å². The molecule has 0 atom stereocenters. The van der Waals surface area contributed by atoms with Crippen molar-refractivity contribution < 1.29 is 9.47 Å². The predicted octanol–water partition coefficient (Wildman–Crippen LogP) is 0.936. The molecule has 0 aliphatic heterocycles. The van der Waals surface area contributed by atoms with Crippen molar-refractivity contribution in [1.82, 2.24) is 9.78 Å². The van der Waals surface area contributed by atoms with E-state index in [-0.39, 0.29) is 0 Å². The molecule has 1 aromatic rings. The summed E-state index contributed by atoms with van der Waals surface area (Å²) in [5.41, 5.74) is 0. The Bertz CT molecular complexity index is 199. The molecule has 1 aromatic heterocycles. The first-order valence-electron chi connectivity index (χ1n) is 4.47. The molecule has 0 bridgehead atoms. The lowest BCUT2D eigenvalue weighted by atomic mass is 10.5. The van der Waals surface area contributed by atoms with Gasteiger partial charge in [-0.25, -0.2) is 0 Å². The number of methoxy groups -OCH3 is 1. The van der Waals surface area contributed by atoms with Crippen LogP contribution in [-0.2, 0) is 16.0 Å². The summed E-state index contributed by atoms with van der Waals surface area (Å²) in [4.78, 5) is 0. The third kappa shape index (κ3) is 4.65. The molecule has 1 heterocycles. The van der Waals surface area contributed by atoms with E-state index >= 15 is 0 Å². The molecule has 0 fully saturated rings. The molecule has 4 heteroatoms. The van der Waals surface area contributed by atoms with Crippen LogP contribution >= 0.6 is 0 Å². The lowest BCUT2D eigenvalue weighted by molar-refractivity contribution is 0.0961. The minimum Gasteiger partial charge on any atom is -0.385 e. The van der Waals surface area contributed by atoms with E-state index in [2.05, 4.69) is 5.10 Å². The fourth-order valence-electron chi connectivity index (χ4n) is 0.998. The molecule has 0 spiro atoms. The maximum absolute atomic E-state index is 5.37. The maximum atomic E-state index is 5.37. The molecule has 0 aliphatic carbocycles. The van der Waals surface area contributed by atoms with E-state index in [0.717, 1.165) is 26.2 Å². The third-order valence-electron chi connectivity index (χ3n) is 1.66. The molecule has 0 unspecified atom stereocenters. The molecular weight excluding hydrogens is 168 g/mol. The molecule has 13 heavy (non-hydrogen) atoms. The van der Waals surface area contributed by atoms with Gasteiger partial charge in [-0.15, -0.1) is 0 Å². The van der Waals surface area contributed by atoms with E-state index in [0.29, 0.717) is 6.61 Å². The summed E-state index contributed by atoms with van der Waals surface area (Å²) in [5, 5.41) is 4.06. The standard InChI is InChI=1S/C9H16N2O2/c1-12-7-3-8-13-9-6-11-5-2-4-10-11/h2,4-5H,3,6-9H2,1H3. The van der Waals surface area contributed by atoms with Crippen LogP contribution in [0.3, 0.4) is 0 Å². The van der Waals surface area contributed by atoms with Gasteiger partial charge in [0.25, 0.3) is 0 Å². The van der Waals surface area contributed by atoms with Gasteiger partial charge >= 0.3 is 0 Å².